The molecule has 2 aliphatic heterocycles. The highest BCUT2D eigenvalue weighted by atomic mass is 16.5. The SMILES string of the molecule is CCC1(CC)NC(=O)N(CC(=O)NCc2cccc(OCCN3CCOCC3)c2)C1=O. The average molecular weight is 433 g/mol. The van der Waals surface area contributed by atoms with Crippen LogP contribution in [0.25, 0.3) is 0 Å². The lowest BCUT2D eigenvalue weighted by Gasteiger charge is -2.26. The van der Waals surface area contributed by atoms with Crippen molar-refractivity contribution in [2.45, 2.75) is 38.8 Å². The summed E-state index contributed by atoms with van der Waals surface area (Å²) in [5.74, 6) is 0.0169. The van der Waals surface area contributed by atoms with Gasteiger partial charge >= 0.3 is 6.03 Å². The van der Waals surface area contributed by atoms with E-state index >= 15 is 0 Å². The Morgan fingerprint density at radius 3 is 2.65 bits per heavy atom. The molecule has 31 heavy (non-hydrogen) atoms. The predicted molar refractivity (Wildman–Crippen MR) is 115 cm³/mol. The minimum absolute atomic E-state index is 0.288. The molecule has 0 atom stereocenters. The molecule has 1 aromatic rings. The predicted octanol–water partition coefficient (Wildman–Crippen LogP) is 1.12. The number of hydrogen-bond acceptors (Lipinski definition) is 6. The van der Waals surface area contributed by atoms with E-state index < -0.39 is 11.6 Å². The Hall–Kier alpha value is -2.65. The number of carbonyl (C=O) groups excluding carboxylic acids is 3. The molecule has 1 aromatic carbocycles. The fraction of sp³-hybridized carbons (Fsp3) is 0.591. The smallest absolute Gasteiger partial charge is 0.325 e. The van der Waals surface area contributed by atoms with Crippen molar-refractivity contribution in [3.05, 3.63) is 29.8 Å². The van der Waals surface area contributed by atoms with Crippen LogP contribution in [0.15, 0.2) is 24.3 Å². The number of urea groups is 1. The molecule has 3 rings (SSSR count). The summed E-state index contributed by atoms with van der Waals surface area (Å²) in [5, 5.41) is 5.50. The van der Waals surface area contributed by atoms with Crippen molar-refractivity contribution < 1.29 is 23.9 Å². The van der Waals surface area contributed by atoms with Crippen LogP contribution in [0.2, 0.25) is 0 Å². The van der Waals surface area contributed by atoms with Crippen molar-refractivity contribution >= 4 is 17.8 Å². The van der Waals surface area contributed by atoms with E-state index in [9.17, 15) is 14.4 Å². The zero-order chi connectivity index (χ0) is 22.3. The Balaban J connectivity index is 1.45. The summed E-state index contributed by atoms with van der Waals surface area (Å²) in [7, 11) is 0. The third-order valence-corrected chi connectivity index (χ3v) is 5.92. The molecule has 2 saturated heterocycles. The molecular formula is C22H32N4O5. The van der Waals surface area contributed by atoms with Gasteiger partial charge in [0.1, 0.15) is 24.4 Å². The molecule has 2 N–H and O–H groups in total. The van der Waals surface area contributed by atoms with Crippen LogP contribution in [0.5, 0.6) is 5.75 Å². The van der Waals surface area contributed by atoms with E-state index in [1.807, 2.05) is 38.1 Å². The maximum atomic E-state index is 12.6. The molecule has 0 aromatic heterocycles. The standard InChI is InChI=1S/C22H32N4O5/c1-3-22(4-2)20(28)26(21(29)24-22)16-19(27)23-15-17-6-5-7-18(14-17)31-13-10-25-8-11-30-12-9-25/h5-7,14H,3-4,8-13,15-16H2,1-2H3,(H,23,27)(H,24,29). The molecule has 0 aliphatic carbocycles. The first-order valence-electron chi connectivity index (χ1n) is 10.9. The lowest BCUT2D eigenvalue weighted by molar-refractivity contribution is -0.135. The first kappa shape index (κ1) is 23.0. The summed E-state index contributed by atoms with van der Waals surface area (Å²) >= 11 is 0. The summed E-state index contributed by atoms with van der Waals surface area (Å²) in [4.78, 5) is 40.4. The van der Waals surface area contributed by atoms with Gasteiger partial charge in [-0.05, 0) is 30.5 Å². The Bertz CT molecular complexity index is 790. The van der Waals surface area contributed by atoms with Gasteiger partial charge in [-0.15, -0.1) is 0 Å². The molecule has 0 saturated carbocycles. The van der Waals surface area contributed by atoms with E-state index in [4.69, 9.17) is 9.47 Å². The number of benzene rings is 1. The number of amides is 4. The molecule has 0 unspecified atom stereocenters. The average Bonchev–Trinajstić information content (AvgIpc) is 3.03. The van der Waals surface area contributed by atoms with Gasteiger partial charge < -0.3 is 20.1 Å². The number of rotatable bonds is 10. The van der Waals surface area contributed by atoms with Gasteiger partial charge in [-0.1, -0.05) is 26.0 Å². The molecule has 0 bridgehead atoms. The fourth-order valence-electron chi connectivity index (χ4n) is 3.81. The molecule has 9 nitrogen and oxygen atoms in total. The topological polar surface area (TPSA) is 100 Å². The molecule has 9 heteroatoms. The van der Waals surface area contributed by atoms with Crippen molar-refractivity contribution in [1.29, 1.82) is 0 Å². The van der Waals surface area contributed by atoms with Gasteiger partial charge in [-0.25, -0.2) is 4.79 Å². The third-order valence-electron chi connectivity index (χ3n) is 5.92. The highest BCUT2D eigenvalue weighted by Crippen LogP contribution is 2.24. The summed E-state index contributed by atoms with van der Waals surface area (Å²) < 4.78 is 11.2. The minimum Gasteiger partial charge on any atom is -0.492 e. The van der Waals surface area contributed by atoms with Gasteiger partial charge in [0, 0.05) is 26.2 Å². The molecule has 0 spiro atoms. The number of morpholine rings is 1. The molecular weight excluding hydrogens is 400 g/mol. The van der Waals surface area contributed by atoms with Gasteiger partial charge in [0.05, 0.1) is 13.2 Å². The number of carbonyl (C=O) groups is 3. The second-order valence-electron chi connectivity index (χ2n) is 7.84. The Morgan fingerprint density at radius 1 is 1.23 bits per heavy atom. The monoisotopic (exact) mass is 432 g/mol. The van der Waals surface area contributed by atoms with E-state index in [1.165, 1.54) is 0 Å². The van der Waals surface area contributed by atoms with E-state index in [0.717, 1.165) is 49.1 Å². The fourth-order valence-corrected chi connectivity index (χ4v) is 3.81. The normalized spacial score (nSPS) is 18.7. The van der Waals surface area contributed by atoms with E-state index in [-0.39, 0.29) is 24.9 Å². The minimum atomic E-state index is -0.899. The first-order chi connectivity index (χ1) is 15.0. The van der Waals surface area contributed by atoms with Gasteiger partial charge in [0.25, 0.3) is 5.91 Å². The highest BCUT2D eigenvalue weighted by molar-refractivity contribution is 6.08. The van der Waals surface area contributed by atoms with Gasteiger partial charge in [-0.3, -0.25) is 19.4 Å². The summed E-state index contributed by atoms with van der Waals surface area (Å²) in [6.45, 7) is 8.48. The molecule has 0 radical (unpaired) electrons. The summed E-state index contributed by atoms with van der Waals surface area (Å²) in [6.07, 6.45) is 0.981. The van der Waals surface area contributed by atoms with Crippen LogP contribution in [0.1, 0.15) is 32.3 Å². The maximum absolute atomic E-state index is 12.6. The van der Waals surface area contributed by atoms with Crippen LogP contribution in [0.4, 0.5) is 4.79 Å². The number of nitrogens with zero attached hydrogens (tertiary/aromatic N) is 2. The van der Waals surface area contributed by atoms with Crippen LogP contribution >= 0.6 is 0 Å². The van der Waals surface area contributed by atoms with Gasteiger partial charge in [0.2, 0.25) is 5.91 Å². The molecule has 170 valence electrons. The number of nitrogens with one attached hydrogen (secondary N) is 2. The number of hydrogen-bond donors (Lipinski definition) is 2. The van der Waals surface area contributed by atoms with E-state index in [1.54, 1.807) is 0 Å². The first-order valence-corrected chi connectivity index (χ1v) is 10.9. The van der Waals surface area contributed by atoms with Crippen molar-refractivity contribution in [2.24, 2.45) is 0 Å². The molecule has 2 heterocycles. The molecule has 2 aliphatic rings. The van der Waals surface area contributed by atoms with Crippen LogP contribution in [0, 0.1) is 0 Å². The lowest BCUT2D eigenvalue weighted by Crippen LogP contribution is -2.46. The molecule has 2 fully saturated rings. The van der Waals surface area contributed by atoms with Crippen LogP contribution in [0.3, 0.4) is 0 Å². The van der Waals surface area contributed by atoms with Crippen LogP contribution < -0.4 is 15.4 Å². The zero-order valence-corrected chi connectivity index (χ0v) is 18.3. The Kier molecular flexibility index (Phi) is 7.86. The van der Waals surface area contributed by atoms with E-state index in [0.29, 0.717) is 19.4 Å². The Morgan fingerprint density at radius 2 is 1.97 bits per heavy atom. The van der Waals surface area contributed by atoms with Crippen LogP contribution in [-0.2, 0) is 20.9 Å². The van der Waals surface area contributed by atoms with Crippen molar-refractivity contribution in [1.82, 2.24) is 20.4 Å². The maximum Gasteiger partial charge on any atom is 0.325 e. The van der Waals surface area contributed by atoms with Gasteiger partial charge in [-0.2, -0.15) is 0 Å². The third kappa shape index (κ3) is 5.74. The Labute approximate surface area is 183 Å². The largest absolute Gasteiger partial charge is 0.492 e. The second-order valence-corrected chi connectivity index (χ2v) is 7.84. The van der Waals surface area contributed by atoms with Gasteiger partial charge in [0.15, 0.2) is 0 Å². The lowest BCUT2D eigenvalue weighted by atomic mass is 9.93. The second kappa shape index (κ2) is 10.6. The highest BCUT2D eigenvalue weighted by Gasteiger charge is 2.49. The molecule has 4 amide bonds. The zero-order valence-electron chi connectivity index (χ0n) is 18.3. The summed E-state index contributed by atoms with van der Waals surface area (Å²) in [5.41, 5.74) is -0.0181. The quantitative estimate of drug-likeness (QED) is 0.538. The van der Waals surface area contributed by atoms with Crippen molar-refractivity contribution in [3.63, 3.8) is 0 Å². The van der Waals surface area contributed by atoms with Crippen molar-refractivity contribution in [2.75, 3.05) is 46.0 Å². The van der Waals surface area contributed by atoms with Crippen molar-refractivity contribution in [3.8, 4) is 5.75 Å². The number of ether oxygens (including phenoxy) is 2. The summed E-state index contributed by atoms with van der Waals surface area (Å²) in [6, 6.07) is 7.01. The number of imide groups is 1. The van der Waals surface area contributed by atoms with E-state index in [2.05, 4.69) is 15.5 Å². The van der Waals surface area contributed by atoms with Crippen LogP contribution in [-0.4, -0.2) is 79.2 Å².